The summed E-state index contributed by atoms with van der Waals surface area (Å²) >= 11 is 5.99. The minimum Gasteiger partial charge on any atom is -0.355 e. The molecule has 2 aromatic rings. The fourth-order valence-electron chi connectivity index (χ4n) is 2.28. The van der Waals surface area contributed by atoms with Crippen molar-refractivity contribution in [3.05, 3.63) is 23.1 Å². The van der Waals surface area contributed by atoms with Gasteiger partial charge < -0.3 is 15.6 Å². The summed E-state index contributed by atoms with van der Waals surface area (Å²) in [6, 6.07) is 1.80. The number of aromatic nitrogens is 3. The standard InChI is InChI=1S/C15H22ClN5O/c1-15(2,3)14-20-11-8-10(16)9-19-13(11)21(14)7-4-12(22)18-6-5-17/h8-9H,4-7,17H2,1-3H3,(H,18,22). The molecule has 0 bridgehead atoms. The lowest BCUT2D eigenvalue weighted by Gasteiger charge is -2.19. The molecule has 0 aliphatic heterocycles. The fraction of sp³-hybridized carbons (Fsp3) is 0.533. The number of nitrogens with zero attached hydrogens (tertiary/aromatic N) is 3. The lowest BCUT2D eigenvalue weighted by molar-refractivity contribution is -0.121. The first-order valence-corrected chi connectivity index (χ1v) is 7.69. The number of imidazole rings is 1. The van der Waals surface area contributed by atoms with Crippen molar-refractivity contribution in [3.8, 4) is 0 Å². The average molecular weight is 324 g/mol. The first-order chi connectivity index (χ1) is 10.3. The second-order valence-corrected chi connectivity index (χ2v) is 6.66. The Morgan fingerprint density at radius 1 is 1.45 bits per heavy atom. The minimum atomic E-state index is -0.152. The third-order valence-electron chi connectivity index (χ3n) is 3.25. The molecule has 1 amide bonds. The second kappa shape index (κ2) is 6.62. The van der Waals surface area contributed by atoms with Gasteiger partial charge in [0.25, 0.3) is 0 Å². The first-order valence-electron chi connectivity index (χ1n) is 7.32. The van der Waals surface area contributed by atoms with Crippen molar-refractivity contribution < 1.29 is 4.79 Å². The summed E-state index contributed by atoms with van der Waals surface area (Å²) in [5, 5.41) is 3.32. The van der Waals surface area contributed by atoms with Crippen LogP contribution in [-0.2, 0) is 16.8 Å². The smallest absolute Gasteiger partial charge is 0.221 e. The van der Waals surface area contributed by atoms with E-state index in [1.54, 1.807) is 12.3 Å². The van der Waals surface area contributed by atoms with Gasteiger partial charge in [0.05, 0.1) is 5.02 Å². The van der Waals surface area contributed by atoms with E-state index in [1.807, 2.05) is 4.57 Å². The van der Waals surface area contributed by atoms with Crippen LogP contribution in [0.4, 0.5) is 0 Å². The maximum absolute atomic E-state index is 11.8. The van der Waals surface area contributed by atoms with E-state index in [4.69, 9.17) is 17.3 Å². The Morgan fingerprint density at radius 3 is 2.82 bits per heavy atom. The highest BCUT2D eigenvalue weighted by atomic mass is 35.5. The monoisotopic (exact) mass is 323 g/mol. The number of fused-ring (bicyclic) bond motifs is 1. The van der Waals surface area contributed by atoms with Crippen LogP contribution >= 0.6 is 11.6 Å². The summed E-state index contributed by atoms with van der Waals surface area (Å²) < 4.78 is 1.99. The minimum absolute atomic E-state index is 0.0267. The van der Waals surface area contributed by atoms with E-state index in [0.29, 0.717) is 31.1 Å². The summed E-state index contributed by atoms with van der Waals surface area (Å²) in [7, 11) is 0. The lowest BCUT2D eigenvalue weighted by atomic mass is 9.95. The summed E-state index contributed by atoms with van der Waals surface area (Å²) in [6.45, 7) is 7.70. The predicted molar refractivity (Wildman–Crippen MR) is 87.9 cm³/mol. The first kappa shape index (κ1) is 16.7. The van der Waals surface area contributed by atoms with Gasteiger partial charge in [-0.25, -0.2) is 9.97 Å². The van der Waals surface area contributed by atoms with Crippen LogP contribution in [0.25, 0.3) is 11.2 Å². The van der Waals surface area contributed by atoms with E-state index in [9.17, 15) is 4.79 Å². The van der Waals surface area contributed by atoms with Gasteiger partial charge in [-0.05, 0) is 6.07 Å². The van der Waals surface area contributed by atoms with Crippen LogP contribution in [0.5, 0.6) is 0 Å². The van der Waals surface area contributed by atoms with Crippen molar-refractivity contribution in [2.75, 3.05) is 13.1 Å². The second-order valence-electron chi connectivity index (χ2n) is 6.22. The van der Waals surface area contributed by atoms with Crippen LogP contribution < -0.4 is 11.1 Å². The van der Waals surface area contributed by atoms with Gasteiger partial charge in [-0.2, -0.15) is 0 Å². The molecule has 120 valence electrons. The molecular formula is C15H22ClN5O. The number of nitrogens with one attached hydrogen (secondary N) is 1. The van der Waals surface area contributed by atoms with Crippen LogP contribution in [0.3, 0.4) is 0 Å². The van der Waals surface area contributed by atoms with Crippen molar-refractivity contribution in [3.63, 3.8) is 0 Å². The Hall–Kier alpha value is -1.66. The molecule has 0 saturated carbocycles. The molecular weight excluding hydrogens is 302 g/mol. The van der Waals surface area contributed by atoms with E-state index in [-0.39, 0.29) is 11.3 Å². The number of carbonyl (C=O) groups excluding carboxylic acids is 1. The number of halogens is 1. The highest BCUT2D eigenvalue weighted by Gasteiger charge is 2.23. The number of carbonyl (C=O) groups is 1. The van der Waals surface area contributed by atoms with Gasteiger partial charge in [-0.15, -0.1) is 0 Å². The molecule has 0 fully saturated rings. The maximum atomic E-state index is 11.8. The number of nitrogens with two attached hydrogens (primary N) is 1. The van der Waals surface area contributed by atoms with Crippen LogP contribution in [-0.4, -0.2) is 33.5 Å². The summed E-state index contributed by atoms with van der Waals surface area (Å²) in [5.74, 6) is 0.866. The number of amides is 1. The molecule has 0 aromatic carbocycles. The fourth-order valence-corrected chi connectivity index (χ4v) is 2.44. The van der Waals surface area contributed by atoms with E-state index in [0.717, 1.165) is 17.0 Å². The average Bonchev–Trinajstić information content (AvgIpc) is 2.80. The summed E-state index contributed by atoms with van der Waals surface area (Å²) in [4.78, 5) is 20.8. The molecule has 22 heavy (non-hydrogen) atoms. The number of rotatable bonds is 5. The predicted octanol–water partition coefficient (Wildman–Crippen LogP) is 1.85. The molecule has 0 spiro atoms. The van der Waals surface area contributed by atoms with Crippen molar-refractivity contribution in [1.82, 2.24) is 19.9 Å². The molecule has 0 radical (unpaired) electrons. The van der Waals surface area contributed by atoms with Crippen LogP contribution in [0.15, 0.2) is 12.3 Å². The van der Waals surface area contributed by atoms with Crippen molar-refractivity contribution in [1.29, 1.82) is 0 Å². The summed E-state index contributed by atoms with van der Waals surface area (Å²) in [6.07, 6.45) is 1.96. The lowest BCUT2D eigenvalue weighted by Crippen LogP contribution is -2.30. The van der Waals surface area contributed by atoms with Gasteiger partial charge in [-0.1, -0.05) is 32.4 Å². The Kier molecular flexibility index (Phi) is 5.03. The molecule has 0 atom stereocenters. The highest BCUT2D eigenvalue weighted by Crippen LogP contribution is 2.26. The Labute approximate surface area is 135 Å². The van der Waals surface area contributed by atoms with E-state index >= 15 is 0 Å². The zero-order valence-electron chi connectivity index (χ0n) is 13.2. The largest absolute Gasteiger partial charge is 0.355 e. The van der Waals surface area contributed by atoms with Crippen molar-refractivity contribution in [2.24, 2.45) is 5.73 Å². The SMILES string of the molecule is CC(C)(C)c1nc2cc(Cl)cnc2n1CCC(=O)NCCN. The molecule has 2 rings (SSSR count). The van der Waals surface area contributed by atoms with Crippen molar-refractivity contribution >= 4 is 28.7 Å². The Balaban J connectivity index is 2.31. The van der Waals surface area contributed by atoms with Gasteiger partial charge in [-0.3, -0.25) is 4.79 Å². The Morgan fingerprint density at radius 2 is 2.18 bits per heavy atom. The van der Waals surface area contributed by atoms with E-state index in [1.165, 1.54) is 0 Å². The topological polar surface area (TPSA) is 85.8 Å². The molecule has 0 saturated heterocycles. The van der Waals surface area contributed by atoms with E-state index in [2.05, 4.69) is 36.1 Å². The normalized spacial score (nSPS) is 11.9. The molecule has 2 aromatic heterocycles. The van der Waals surface area contributed by atoms with Gasteiger partial charge in [0.2, 0.25) is 5.91 Å². The molecule has 7 heteroatoms. The zero-order chi connectivity index (χ0) is 16.3. The zero-order valence-corrected chi connectivity index (χ0v) is 13.9. The molecule has 0 aliphatic rings. The van der Waals surface area contributed by atoms with Crippen LogP contribution in [0.2, 0.25) is 5.02 Å². The van der Waals surface area contributed by atoms with Gasteiger partial charge in [0.1, 0.15) is 11.3 Å². The molecule has 2 heterocycles. The van der Waals surface area contributed by atoms with Crippen LogP contribution in [0.1, 0.15) is 33.0 Å². The third-order valence-corrected chi connectivity index (χ3v) is 3.46. The number of hydrogen-bond donors (Lipinski definition) is 2. The molecule has 6 nitrogen and oxygen atoms in total. The number of pyridine rings is 1. The summed E-state index contributed by atoms with van der Waals surface area (Å²) in [5.41, 5.74) is 6.73. The van der Waals surface area contributed by atoms with Crippen molar-refractivity contribution in [2.45, 2.75) is 39.2 Å². The van der Waals surface area contributed by atoms with E-state index < -0.39 is 0 Å². The Bertz CT molecular complexity index is 674. The molecule has 3 N–H and O–H groups in total. The quantitative estimate of drug-likeness (QED) is 0.879. The number of hydrogen-bond acceptors (Lipinski definition) is 4. The molecule has 0 aliphatic carbocycles. The highest BCUT2D eigenvalue weighted by molar-refractivity contribution is 6.31. The third kappa shape index (κ3) is 3.75. The van der Waals surface area contributed by atoms with Gasteiger partial charge in [0.15, 0.2) is 5.65 Å². The van der Waals surface area contributed by atoms with Crippen LogP contribution in [0, 0.1) is 0 Å². The van der Waals surface area contributed by atoms with Gasteiger partial charge in [0, 0.05) is 37.7 Å². The number of aryl methyl sites for hydroxylation is 1. The molecule has 0 unspecified atom stereocenters. The van der Waals surface area contributed by atoms with Gasteiger partial charge >= 0.3 is 0 Å². The maximum Gasteiger partial charge on any atom is 0.221 e.